The number of halogens is 1. The molecule has 128 valence electrons. The van der Waals surface area contributed by atoms with E-state index in [1.54, 1.807) is 30.3 Å². The largest absolute Gasteiger partial charge is 0.490 e. The molecule has 2 rings (SSSR count). The van der Waals surface area contributed by atoms with Crippen LogP contribution in [0.25, 0.3) is 0 Å². The van der Waals surface area contributed by atoms with Gasteiger partial charge in [0.15, 0.2) is 11.5 Å². The van der Waals surface area contributed by atoms with E-state index in [1.807, 2.05) is 20.8 Å². The Kier molecular flexibility index (Phi) is 6.18. The summed E-state index contributed by atoms with van der Waals surface area (Å²) < 4.78 is 24.0. The lowest BCUT2D eigenvalue weighted by Crippen LogP contribution is -2.26. The molecule has 0 aliphatic carbocycles. The van der Waals surface area contributed by atoms with E-state index in [0.717, 1.165) is 5.56 Å². The van der Waals surface area contributed by atoms with Crippen molar-refractivity contribution in [2.24, 2.45) is 0 Å². The van der Waals surface area contributed by atoms with E-state index in [0.29, 0.717) is 30.3 Å². The number of carbonyl (C=O) groups is 1. The van der Waals surface area contributed by atoms with Gasteiger partial charge in [0, 0.05) is 5.56 Å². The summed E-state index contributed by atoms with van der Waals surface area (Å²) in [5.74, 6) is 0.630. The second-order valence-corrected chi connectivity index (χ2v) is 5.27. The van der Waals surface area contributed by atoms with Gasteiger partial charge in [-0.1, -0.05) is 12.1 Å². The number of rotatable bonds is 7. The van der Waals surface area contributed by atoms with Gasteiger partial charge in [0.2, 0.25) is 0 Å². The van der Waals surface area contributed by atoms with E-state index in [1.165, 1.54) is 12.1 Å². The van der Waals surface area contributed by atoms with Crippen LogP contribution < -0.4 is 14.8 Å². The highest BCUT2D eigenvalue weighted by Gasteiger charge is 2.14. The fraction of sp³-hybridized carbons (Fsp3) is 0.316. The van der Waals surface area contributed by atoms with Gasteiger partial charge in [-0.05, 0) is 56.7 Å². The maximum absolute atomic E-state index is 13.0. The van der Waals surface area contributed by atoms with Crippen molar-refractivity contribution in [3.8, 4) is 11.5 Å². The highest BCUT2D eigenvalue weighted by molar-refractivity contribution is 5.95. The Hall–Kier alpha value is -2.56. The molecular weight excluding hydrogens is 309 g/mol. The summed E-state index contributed by atoms with van der Waals surface area (Å²) in [7, 11) is 0. The summed E-state index contributed by atoms with van der Waals surface area (Å²) in [6.45, 7) is 6.62. The molecule has 4 nitrogen and oxygen atoms in total. The predicted molar refractivity (Wildman–Crippen MR) is 91.1 cm³/mol. The van der Waals surface area contributed by atoms with Crippen LogP contribution in [0.2, 0.25) is 0 Å². The SMILES string of the molecule is CCOc1ccc(C(=O)NC(C)c2ccc(F)cc2)cc1OCC. The molecule has 24 heavy (non-hydrogen) atoms. The standard InChI is InChI=1S/C19H22FNO3/c1-4-23-17-11-8-15(12-18(17)24-5-2)19(22)21-13(3)14-6-9-16(20)10-7-14/h6-13H,4-5H2,1-3H3,(H,21,22). The Bertz CT molecular complexity index is 686. The zero-order valence-corrected chi connectivity index (χ0v) is 14.1. The van der Waals surface area contributed by atoms with Crippen LogP contribution in [0.1, 0.15) is 42.7 Å². The smallest absolute Gasteiger partial charge is 0.251 e. The molecule has 1 unspecified atom stereocenters. The van der Waals surface area contributed by atoms with Crippen LogP contribution in [0.15, 0.2) is 42.5 Å². The quantitative estimate of drug-likeness (QED) is 0.830. The molecule has 0 aliphatic rings. The molecule has 1 amide bonds. The first-order valence-corrected chi connectivity index (χ1v) is 8.01. The van der Waals surface area contributed by atoms with Gasteiger partial charge in [0.05, 0.1) is 19.3 Å². The number of benzene rings is 2. The highest BCUT2D eigenvalue weighted by atomic mass is 19.1. The van der Waals surface area contributed by atoms with Crippen molar-refractivity contribution in [1.82, 2.24) is 5.32 Å². The Morgan fingerprint density at radius 1 is 1.04 bits per heavy atom. The van der Waals surface area contributed by atoms with Crippen LogP contribution in [0, 0.1) is 5.82 Å². The molecule has 0 aromatic heterocycles. The van der Waals surface area contributed by atoms with Crippen molar-refractivity contribution in [3.63, 3.8) is 0 Å². The number of carbonyl (C=O) groups excluding carboxylic acids is 1. The van der Waals surface area contributed by atoms with Gasteiger partial charge in [-0.2, -0.15) is 0 Å². The van der Waals surface area contributed by atoms with Crippen molar-refractivity contribution in [2.75, 3.05) is 13.2 Å². The number of ether oxygens (including phenoxy) is 2. The van der Waals surface area contributed by atoms with E-state index in [9.17, 15) is 9.18 Å². The van der Waals surface area contributed by atoms with Crippen LogP contribution in [0.4, 0.5) is 4.39 Å². The zero-order valence-electron chi connectivity index (χ0n) is 14.1. The molecule has 0 spiro atoms. The van der Waals surface area contributed by atoms with Crippen LogP contribution in [0.3, 0.4) is 0 Å². The molecule has 0 heterocycles. The molecule has 0 bridgehead atoms. The Morgan fingerprint density at radius 3 is 2.29 bits per heavy atom. The van der Waals surface area contributed by atoms with Gasteiger partial charge in [0.25, 0.3) is 5.91 Å². The fourth-order valence-corrected chi connectivity index (χ4v) is 2.31. The lowest BCUT2D eigenvalue weighted by atomic mass is 10.1. The topological polar surface area (TPSA) is 47.6 Å². The zero-order chi connectivity index (χ0) is 17.5. The Labute approximate surface area is 141 Å². The molecule has 2 aromatic carbocycles. The molecule has 0 aliphatic heterocycles. The third-order valence-corrected chi connectivity index (χ3v) is 3.52. The fourth-order valence-electron chi connectivity index (χ4n) is 2.31. The van der Waals surface area contributed by atoms with Gasteiger partial charge in [-0.25, -0.2) is 4.39 Å². The summed E-state index contributed by atoms with van der Waals surface area (Å²) in [5.41, 5.74) is 1.32. The van der Waals surface area contributed by atoms with Crippen molar-refractivity contribution >= 4 is 5.91 Å². The van der Waals surface area contributed by atoms with Crippen LogP contribution in [0.5, 0.6) is 11.5 Å². The number of nitrogens with one attached hydrogen (secondary N) is 1. The minimum absolute atomic E-state index is 0.226. The first kappa shape index (κ1) is 17.8. The molecule has 5 heteroatoms. The predicted octanol–water partition coefficient (Wildman–Crippen LogP) is 4.11. The maximum atomic E-state index is 13.0. The summed E-state index contributed by atoms with van der Waals surface area (Å²) in [6.07, 6.45) is 0. The van der Waals surface area contributed by atoms with E-state index >= 15 is 0 Å². The molecule has 0 radical (unpaired) electrons. The molecule has 1 N–H and O–H groups in total. The van der Waals surface area contributed by atoms with Crippen molar-refractivity contribution in [1.29, 1.82) is 0 Å². The molecule has 0 saturated carbocycles. The van der Waals surface area contributed by atoms with Crippen molar-refractivity contribution < 1.29 is 18.7 Å². The number of hydrogen-bond donors (Lipinski definition) is 1. The van der Waals surface area contributed by atoms with Gasteiger partial charge < -0.3 is 14.8 Å². The number of hydrogen-bond acceptors (Lipinski definition) is 3. The first-order valence-electron chi connectivity index (χ1n) is 8.01. The minimum atomic E-state index is -0.301. The first-order chi connectivity index (χ1) is 11.5. The van der Waals surface area contributed by atoms with E-state index in [-0.39, 0.29) is 17.8 Å². The van der Waals surface area contributed by atoms with Gasteiger partial charge in [-0.3, -0.25) is 4.79 Å². The van der Waals surface area contributed by atoms with Crippen LogP contribution in [-0.4, -0.2) is 19.1 Å². The van der Waals surface area contributed by atoms with Crippen molar-refractivity contribution in [3.05, 3.63) is 59.4 Å². The lowest BCUT2D eigenvalue weighted by molar-refractivity contribution is 0.0939. The Morgan fingerprint density at radius 2 is 1.67 bits per heavy atom. The van der Waals surface area contributed by atoms with Crippen molar-refractivity contribution in [2.45, 2.75) is 26.8 Å². The maximum Gasteiger partial charge on any atom is 0.251 e. The molecule has 1 atom stereocenters. The van der Waals surface area contributed by atoms with Gasteiger partial charge >= 0.3 is 0 Å². The monoisotopic (exact) mass is 331 g/mol. The third-order valence-electron chi connectivity index (χ3n) is 3.52. The summed E-state index contributed by atoms with van der Waals surface area (Å²) >= 11 is 0. The molecular formula is C19H22FNO3. The number of amides is 1. The van der Waals surface area contributed by atoms with E-state index < -0.39 is 0 Å². The third kappa shape index (κ3) is 4.47. The summed E-state index contributed by atoms with van der Waals surface area (Å²) in [4.78, 5) is 12.4. The second kappa shape index (κ2) is 8.34. The average molecular weight is 331 g/mol. The molecule has 0 saturated heterocycles. The Balaban J connectivity index is 2.13. The highest BCUT2D eigenvalue weighted by Crippen LogP contribution is 2.28. The minimum Gasteiger partial charge on any atom is -0.490 e. The summed E-state index contributed by atoms with van der Waals surface area (Å²) in [5, 5.41) is 2.89. The van der Waals surface area contributed by atoms with Gasteiger partial charge in [0.1, 0.15) is 5.82 Å². The van der Waals surface area contributed by atoms with E-state index in [2.05, 4.69) is 5.32 Å². The molecule has 0 fully saturated rings. The lowest BCUT2D eigenvalue weighted by Gasteiger charge is -2.16. The summed E-state index contributed by atoms with van der Waals surface area (Å²) in [6, 6.07) is 10.9. The average Bonchev–Trinajstić information content (AvgIpc) is 2.57. The van der Waals surface area contributed by atoms with E-state index in [4.69, 9.17) is 9.47 Å². The second-order valence-electron chi connectivity index (χ2n) is 5.27. The normalized spacial score (nSPS) is 11.7. The van der Waals surface area contributed by atoms with Crippen LogP contribution >= 0.6 is 0 Å². The van der Waals surface area contributed by atoms with Crippen LogP contribution in [-0.2, 0) is 0 Å². The van der Waals surface area contributed by atoms with Gasteiger partial charge in [-0.15, -0.1) is 0 Å². The molecule has 2 aromatic rings.